The summed E-state index contributed by atoms with van der Waals surface area (Å²) in [5.41, 5.74) is 1.06. The van der Waals surface area contributed by atoms with Gasteiger partial charge in [-0.15, -0.1) is 11.3 Å². The van der Waals surface area contributed by atoms with Crippen LogP contribution in [0.5, 0.6) is 11.5 Å². The molecule has 0 saturated carbocycles. The Bertz CT molecular complexity index is 946. The lowest BCUT2D eigenvalue weighted by molar-refractivity contribution is -0.140. The minimum Gasteiger partial charge on any atom is -0.493 e. The molecule has 6 heteroatoms. The molecular weight excluding hydrogens is 364 g/mol. The molecule has 27 heavy (non-hydrogen) atoms. The van der Waals surface area contributed by atoms with Crippen LogP contribution in [0.25, 0.3) is 10.1 Å². The van der Waals surface area contributed by atoms with E-state index in [-0.39, 0.29) is 24.6 Å². The van der Waals surface area contributed by atoms with Crippen molar-refractivity contribution in [2.24, 2.45) is 0 Å². The monoisotopic (exact) mass is 384 g/mol. The summed E-state index contributed by atoms with van der Waals surface area (Å²) < 4.78 is 16.9. The second-order valence-corrected chi connectivity index (χ2v) is 7.01. The van der Waals surface area contributed by atoms with Crippen LogP contribution in [0.3, 0.4) is 0 Å². The van der Waals surface area contributed by atoms with Gasteiger partial charge in [0.2, 0.25) is 0 Å². The molecule has 0 fully saturated rings. The molecule has 0 bridgehead atoms. The highest BCUT2D eigenvalue weighted by atomic mass is 32.1. The van der Waals surface area contributed by atoms with Gasteiger partial charge in [0.1, 0.15) is 6.61 Å². The molecule has 2 aromatic carbocycles. The fraction of sp³-hybridized carbons (Fsp3) is 0.238. The van der Waals surface area contributed by atoms with Crippen molar-refractivity contribution in [3.05, 3.63) is 59.0 Å². The van der Waals surface area contributed by atoms with Crippen LogP contribution in [-0.2, 0) is 16.1 Å². The Hall–Kier alpha value is -2.86. The van der Waals surface area contributed by atoms with Gasteiger partial charge in [0.25, 0.3) is 0 Å². The number of hydrogen-bond donors (Lipinski definition) is 0. The highest BCUT2D eigenvalue weighted by molar-refractivity contribution is 7.20. The molecule has 1 heterocycles. The van der Waals surface area contributed by atoms with Crippen LogP contribution in [0.4, 0.5) is 0 Å². The SMILES string of the molecule is COC(=O)CCC(=O)c1cc2cc(OC)c(OCc3ccccc3)cc2s1. The van der Waals surface area contributed by atoms with Gasteiger partial charge in [-0.1, -0.05) is 30.3 Å². The Labute approximate surface area is 161 Å². The number of esters is 1. The van der Waals surface area contributed by atoms with Gasteiger partial charge in [0.15, 0.2) is 17.3 Å². The quantitative estimate of drug-likeness (QED) is 0.419. The lowest BCUT2D eigenvalue weighted by Gasteiger charge is -2.11. The molecule has 0 aliphatic rings. The summed E-state index contributed by atoms with van der Waals surface area (Å²) in [6.45, 7) is 0.430. The molecule has 0 amide bonds. The van der Waals surface area contributed by atoms with E-state index in [1.807, 2.05) is 48.5 Å². The molecule has 140 valence electrons. The zero-order chi connectivity index (χ0) is 19.2. The standard InChI is InChI=1S/C21H20O5S/c1-24-17-10-15-11-20(16(22)8-9-21(23)25-2)27-19(15)12-18(17)26-13-14-6-4-3-5-7-14/h3-7,10-12H,8-9,13H2,1-2H3. The molecule has 0 spiro atoms. The predicted molar refractivity (Wildman–Crippen MR) is 105 cm³/mol. The van der Waals surface area contributed by atoms with Crippen LogP contribution in [0.1, 0.15) is 28.1 Å². The molecule has 1 aromatic heterocycles. The summed E-state index contributed by atoms with van der Waals surface area (Å²) >= 11 is 1.38. The van der Waals surface area contributed by atoms with E-state index in [4.69, 9.17) is 9.47 Å². The first kappa shape index (κ1) is 18.9. The average molecular weight is 384 g/mol. The van der Waals surface area contributed by atoms with Gasteiger partial charge < -0.3 is 14.2 Å². The number of thiophene rings is 1. The number of ketones is 1. The number of rotatable bonds is 8. The van der Waals surface area contributed by atoms with Crippen molar-refractivity contribution in [2.75, 3.05) is 14.2 Å². The normalized spacial score (nSPS) is 10.6. The molecule has 3 rings (SSSR count). The highest BCUT2D eigenvalue weighted by Gasteiger charge is 2.15. The molecule has 3 aromatic rings. The van der Waals surface area contributed by atoms with E-state index in [1.54, 1.807) is 7.11 Å². The first-order chi connectivity index (χ1) is 13.1. The molecule has 0 aliphatic carbocycles. The molecule has 0 N–H and O–H groups in total. The van der Waals surface area contributed by atoms with E-state index in [9.17, 15) is 9.59 Å². The Morgan fingerprint density at radius 2 is 1.74 bits per heavy atom. The zero-order valence-electron chi connectivity index (χ0n) is 15.2. The van der Waals surface area contributed by atoms with Gasteiger partial charge in [0, 0.05) is 17.2 Å². The fourth-order valence-corrected chi connectivity index (χ4v) is 3.67. The maximum absolute atomic E-state index is 12.3. The fourth-order valence-electron chi connectivity index (χ4n) is 2.63. The molecule has 5 nitrogen and oxygen atoms in total. The second kappa shape index (κ2) is 8.68. The summed E-state index contributed by atoms with van der Waals surface area (Å²) in [5.74, 6) is 0.782. The maximum atomic E-state index is 12.3. The van der Waals surface area contributed by atoms with Crippen LogP contribution in [0, 0.1) is 0 Å². The molecule has 0 saturated heterocycles. The van der Waals surface area contributed by atoms with E-state index in [0.29, 0.717) is 23.0 Å². The number of ether oxygens (including phenoxy) is 3. The predicted octanol–water partition coefficient (Wildman–Crippen LogP) is 4.62. The van der Waals surface area contributed by atoms with Crippen molar-refractivity contribution >= 4 is 33.2 Å². The van der Waals surface area contributed by atoms with Crippen LogP contribution >= 0.6 is 11.3 Å². The third kappa shape index (κ3) is 4.65. The summed E-state index contributed by atoms with van der Waals surface area (Å²) in [7, 11) is 2.90. The first-order valence-electron chi connectivity index (χ1n) is 8.49. The van der Waals surface area contributed by atoms with Crippen molar-refractivity contribution in [3.63, 3.8) is 0 Å². The van der Waals surface area contributed by atoms with Crippen LogP contribution in [0.15, 0.2) is 48.5 Å². The number of carbonyl (C=O) groups excluding carboxylic acids is 2. The van der Waals surface area contributed by atoms with Gasteiger partial charge >= 0.3 is 5.97 Å². The van der Waals surface area contributed by atoms with Crippen molar-refractivity contribution < 1.29 is 23.8 Å². The first-order valence-corrected chi connectivity index (χ1v) is 9.30. The third-order valence-electron chi connectivity index (χ3n) is 4.10. The molecule has 0 unspecified atom stereocenters. The van der Waals surface area contributed by atoms with Crippen LogP contribution in [0.2, 0.25) is 0 Å². The van der Waals surface area contributed by atoms with Gasteiger partial charge in [-0.3, -0.25) is 9.59 Å². The molecule has 0 aliphatic heterocycles. The van der Waals surface area contributed by atoms with Gasteiger partial charge in [-0.25, -0.2) is 0 Å². The highest BCUT2D eigenvalue weighted by Crippen LogP contribution is 2.37. The largest absolute Gasteiger partial charge is 0.493 e. The zero-order valence-corrected chi connectivity index (χ0v) is 16.0. The minimum absolute atomic E-state index is 0.0766. The third-order valence-corrected chi connectivity index (χ3v) is 5.24. The Morgan fingerprint density at radius 3 is 2.44 bits per heavy atom. The summed E-state index contributed by atoms with van der Waals surface area (Å²) in [4.78, 5) is 24.2. The molecule has 0 atom stereocenters. The summed E-state index contributed by atoms with van der Waals surface area (Å²) in [6.07, 6.45) is 0.215. The molecular formula is C21H20O5S. The summed E-state index contributed by atoms with van der Waals surface area (Å²) in [5, 5.41) is 0.908. The summed E-state index contributed by atoms with van der Waals surface area (Å²) in [6, 6.07) is 15.4. The van der Waals surface area contributed by atoms with Crippen molar-refractivity contribution in [3.8, 4) is 11.5 Å². The number of benzene rings is 2. The van der Waals surface area contributed by atoms with E-state index in [2.05, 4.69) is 4.74 Å². The van der Waals surface area contributed by atoms with Gasteiger partial charge in [-0.2, -0.15) is 0 Å². The van der Waals surface area contributed by atoms with E-state index in [0.717, 1.165) is 15.6 Å². The number of Topliss-reactive ketones (excluding diaryl/α,β-unsaturated/α-hetero) is 1. The lowest BCUT2D eigenvalue weighted by Crippen LogP contribution is -2.04. The second-order valence-electron chi connectivity index (χ2n) is 5.93. The van der Waals surface area contributed by atoms with E-state index in [1.165, 1.54) is 18.4 Å². The molecule has 0 radical (unpaired) electrons. The van der Waals surface area contributed by atoms with Crippen LogP contribution < -0.4 is 9.47 Å². The van der Waals surface area contributed by atoms with E-state index < -0.39 is 0 Å². The Kier molecular flexibility index (Phi) is 6.08. The van der Waals surface area contributed by atoms with Crippen molar-refractivity contribution in [1.82, 2.24) is 0 Å². The lowest BCUT2D eigenvalue weighted by atomic mass is 10.1. The van der Waals surface area contributed by atoms with Crippen molar-refractivity contribution in [1.29, 1.82) is 0 Å². The minimum atomic E-state index is -0.386. The number of carbonyl (C=O) groups is 2. The number of hydrogen-bond acceptors (Lipinski definition) is 6. The number of methoxy groups -OCH3 is 2. The Morgan fingerprint density at radius 1 is 0.963 bits per heavy atom. The smallest absolute Gasteiger partial charge is 0.305 e. The van der Waals surface area contributed by atoms with E-state index >= 15 is 0 Å². The Balaban J connectivity index is 1.79. The maximum Gasteiger partial charge on any atom is 0.305 e. The van der Waals surface area contributed by atoms with Gasteiger partial charge in [-0.05, 0) is 23.1 Å². The number of fused-ring (bicyclic) bond motifs is 1. The van der Waals surface area contributed by atoms with Gasteiger partial charge in [0.05, 0.1) is 25.5 Å². The topological polar surface area (TPSA) is 61.8 Å². The van der Waals surface area contributed by atoms with Crippen LogP contribution in [-0.4, -0.2) is 26.0 Å². The average Bonchev–Trinajstić information content (AvgIpc) is 3.13. The van der Waals surface area contributed by atoms with Crippen molar-refractivity contribution in [2.45, 2.75) is 19.4 Å².